The first-order chi connectivity index (χ1) is 12.4. The minimum Gasteiger partial charge on any atom is -0.507 e. The lowest BCUT2D eigenvalue weighted by molar-refractivity contribution is -0.911. The summed E-state index contributed by atoms with van der Waals surface area (Å²) in [5.41, 5.74) is 2.34. The second kappa shape index (κ2) is 7.72. The van der Waals surface area contributed by atoms with Crippen LogP contribution in [-0.2, 0) is 22.5 Å². The summed E-state index contributed by atoms with van der Waals surface area (Å²) in [4.78, 5) is 24.9. The molecule has 2 aromatic rings. The molecule has 3 rings (SSSR count). The lowest BCUT2D eigenvalue weighted by Crippen LogP contribution is -3.13. The fraction of sp³-hybridized carbons (Fsp3) is 0.474. The Hall–Kier alpha value is -1.99. The first-order valence-corrected chi connectivity index (χ1v) is 9.80. The van der Waals surface area contributed by atoms with Crippen LogP contribution in [0.5, 0.6) is 5.75 Å². The van der Waals surface area contributed by atoms with Gasteiger partial charge in [-0.2, -0.15) is 0 Å². The number of benzene rings is 1. The number of ether oxygens (including phenoxy) is 1. The van der Waals surface area contributed by atoms with Gasteiger partial charge in [0.25, 0.3) is 0 Å². The minimum absolute atomic E-state index is 0.189. The molecule has 0 spiro atoms. The van der Waals surface area contributed by atoms with Crippen molar-refractivity contribution in [2.24, 2.45) is 0 Å². The van der Waals surface area contributed by atoms with Crippen LogP contribution in [0.4, 0.5) is 0 Å². The van der Waals surface area contributed by atoms with Crippen LogP contribution in [0.3, 0.4) is 0 Å². The van der Waals surface area contributed by atoms with Gasteiger partial charge >= 0.3 is 11.6 Å². The molecule has 1 fully saturated rings. The Morgan fingerprint density at radius 2 is 2.23 bits per heavy atom. The predicted molar refractivity (Wildman–Crippen MR) is 101 cm³/mol. The van der Waals surface area contributed by atoms with Crippen molar-refractivity contribution in [1.29, 1.82) is 0 Å². The van der Waals surface area contributed by atoms with Gasteiger partial charge in [0.05, 0.1) is 19.2 Å². The van der Waals surface area contributed by atoms with Crippen LogP contribution in [0.15, 0.2) is 21.3 Å². The van der Waals surface area contributed by atoms with E-state index in [9.17, 15) is 14.7 Å². The smallest absolute Gasteiger partial charge is 0.336 e. The van der Waals surface area contributed by atoms with E-state index in [2.05, 4.69) is 0 Å². The quantitative estimate of drug-likeness (QED) is 0.611. The van der Waals surface area contributed by atoms with Crippen molar-refractivity contribution in [3.05, 3.63) is 39.2 Å². The standard InChI is InChI=1S/C19H23NO5S/c1-4-12-8-13-11(2)7-16(21)25-18(13)14(17(12)22)9-20-5-6-26-15(10-20)19(23)24-3/h7-8,15,22H,4-6,9-10H2,1-3H3/p+1/t15-/m1/s1. The number of rotatable bonds is 4. The number of nitrogens with one attached hydrogen (secondary N) is 1. The molecule has 6 nitrogen and oxygen atoms in total. The summed E-state index contributed by atoms with van der Waals surface area (Å²) < 4.78 is 10.3. The van der Waals surface area contributed by atoms with Crippen LogP contribution >= 0.6 is 11.8 Å². The molecule has 0 radical (unpaired) electrons. The van der Waals surface area contributed by atoms with E-state index >= 15 is 0 Å². The maximum atomic E-state index is 11.9. The Bertz CT molecular complexity index is 892. The van der Waals surface area contributed by atoms with Gasteiger partial charge in [-0.05, 0) is 30.5 Å². The lowest BCUT2D eigenvalue weighted by Gasteiger charge is -2.28. The average molecular weight is 378 g/mol. The van der Waals surface area contributed by atoms with Crippen LogP contribution in [0, 0.1) is 6.92 Å². The molecule has 1 saturated heterocycles. The van der Waals surface area contributed by atoms with Crippen molar-refractivity contribution in [2.45, 2.75) is 32.1 Å². The molecule has 140 valence electrons. The number of thioether (sulfide) groups is 1. The number of phenolic OH excluding ortho intramolecular Hbond substituents is 1. The highest BCUT2D eigenvalue weighted by molar-refractivity contribution is 8.00. The molecule has 2 atom stereocenters. The van der Waals surface area contributed by atoms with Crippen LogP contribution in [-0.4, -0.2) is 42.3 Å². The number of aromatic hydroxyl groups is 1. The molecule has 2 heterocycles. The van der Waals surface area contributed by atoms with Crippen molar-refractivity contribution < 1.29 is 24.0 Å². The van der Waals surface area contributed by atoms with Gasteiger partial charge in [-0.15, -0.1) is 11.8 Å². The number of carbonyl (C=O) groups excluding carboxylic acids is 1. The van der Waals surface area contributed by atoms with Crippen LogP contribution in [0.2, 0.25) is 0 Å². The van der Waals surface area contributed by atoms with Crippen molar-refractivity contribution in [3.63, 3.8) is 0 Å². The zero-order chi connectivity index (χ0) is 18.8. The fourth-order valence-corrected chi connectivity index (χ4v) is 4.74. The fourth-order valence-electron chi connectivity index (χ4n) is 3.46. The van der Waals surface area contributed by atoms with Gasteiger partial charge in [0.15, 0.2) is 10.8 Å². The maximum Gasteiger partial charge on any atom is 0.336 e. The summed E-state index contributed by atoms with van der Waals surface area (Å²) in [6.45, 7) is 5.83. The number of methoxy groups -OCH3 is 1. The summed E-state index contributed by atoms with van der Waals surface area (Å²) in [7, 11) is 1.40. The van der Waals surface area contributed by atoms with Gasteiger partial charge in [-0.25, -0.2) is 4.79 Å². The SMILES string of the molecule is CCc1cc2c(C)cc(=O)oc2c(C[NH+]2CCS[C@@H](C(=O)OC)C2)c1O. The molecule has 26 heavy (non-hydrogen) atoms. The number of hydrogen-bond donors (Lipinski definition) is 2. The van der Waals surface area contributed by atoms with Crippen LogP contribution < -0.4 is 10.5 Å². The zero-order valence-corrected chi connectivity index (χ0v) is 16.1. The van der Waals surface area contributed by atoms with Gasteiger partial charge in [-0.3, -0.25) is 4.79 Å². The number of esters is 1. The van der Waals surface area contributed by atoms with E-state index in [1.165, 1.54) is 13.2 Å². The third-order valence-corrected chi connectivity index (χ3v) is 6.11. The van der Waals surface area contributed by atoms with Gasteiger partial charge in [0.2, 0.25) is 0 Å². The maximum absolute atomic E-state index is 11.9. The number of fused-ring (bicyclic) bond motifs is 1. The Labute approximate surface area is 156 Å². The Morgan fingerprint density at radius 1 is 1.46 bits per heavy atom. The molecule has 1 aliphatic heterocycles. The number of hydrogen-bond acceptors (Lipinski definition) is 6. The van der Waals surface area contributed by atoms with E-state index in [4.69, 9.17) is 9.15 Å². The van der Waals surface area contributed by atoms with Gasteiger partial charge < -0.3 is 19.2 Å². The van der Waals surface area contributed by atoms with Crippen LogP contribution in [0.25, 0.3) is 11.0 Å². The van der Waals surface area contributed by atoms with E-state index in [0.29, 0.717) is 30.7 Å². The summed E-state index contributed by atoms with van der Waals surface area (Å²) in [6.07, 6.45) is 0.684. The summed E-state index contributed by atoms with van der Waals surface area (Å²) in [6, 6.07) is 3.37. The molecule has 0 amide bonds. The van der Waals surface area contributed by atoms with E-state index in [1.807, 2.05) is 19.9 Å². The highest BCUT2D eigenvalue weighted by atomic mass is 32.2. The Balaban J connectivity index is 2.02. The van der Waals surface area contributed by atoms with E-state index in [1.54, 1.807) is 11.8 Å². The molecule has 2 N–H and O–H groups in total. The molecule has 1 aromatic carbocycles. The molecular formula is C19H24NO5S+. The van der Waals surface area contributed by atoms with Crippen molar-refractivity contribution in [2.75, 3.05) is 26.0 Å². The van der Waals surface area contributed by atoms with Crippen molar-refractivity contribution in [3.8, 4) is 5.75 Å². The summed E-state index contributed by atoms with van der Waals surface area (Å²) in [5, 5.41) is 11.4. The van der Waals surface area contributed by atoms with Gasteiger partial charge in [0, 0.05) is 17.2 Å². The number of quaternary nitrogens is 1. The Morgan fingerprint density at radius 3 is 2.92 bits per heavy atom. The topological polar surface area (TPSA) is 81.2 Å². The van der Waals surface area contributed by atoms with Crippen molar-refractivity contribution >= 4 is 28.7 Å². The number of phenols is 1. The lowest BCUT2D eigenvalue weighted by atomic mass is 9.99. The first kappa shape index (κ1) is 18.8. The zero-order valence-electron chi connectivity index (χ0n) is 15.3. The third-order valence-electron chi connectivity index (χ3n) is 4.91. The second-order valence-corrected chi connectivity index (χ2v) is 7.92. The highest BCUT2D eigenvalue weighted by Gasteiger charge is 2.31. The van der Waals surface area contributed by atoms with Crippen molar-refractivity contribution in [1.82, 2.24) is 0 Å². The molecular weight excluding hydrogens is 354 g/mol. The monoisotopic (exact) mass is 378 g/mol. The van der Waals surface area contributed by atoms with Gasteiger partial charge in [-0.1, -0.05) is 6.92 Å². The normalized spacial score (nSPS) is 20.3. The highest BCUT2D eigenvalue weighted by Crippen LogP contribution is 2.32. The van der Waals surface area contributed by atoms with Crippen LogP contribution in [0.1, 0.15) is 23.6 Å². The minimum atomic E-state index is -0.420. The molecule has 0 bridgehead atoms. The molecule has 7 heteroatoms. The molecule has 1 aromatic heterocycles. The molecule has 0 aliphatic carbocycles. The van der Waals surface area contributed by atoms with E-state index in [0.717, 1.165) is 33.7 Å². The predicted octanol–water partition coefficient (Wildman–Crippen LogP) is 1.04. The Kier molecular flexibility index (Phi) is 5.58. The largest absolute Gasteiger partial charge is 0.507 e. The second-order valence-electron chi connectivity index (χ2n) is 6.61. The molecule has 0 saturated carbocycles. The molecule has 1 aliphatic rings. The number of carbonyl (C=O) groups is 1. The van der Waals surface area contributed by atoms with E-state index < -0.39 is 5.63 Å². The first-order valence-electron chi connectivity index (χ1n) is 8.75. The van der Waals surface area contributed by atoms with E-state index in [-0.39, 0.29) is 17.0 Å². The average Bonchev–Trinajstić information content (AvgIpc) is 2.63. The summed E-state index contributed by atoms with van der Waals surface area (Å²) in [5.74, 6) is 0.810. The molecule has 1 unspecified atom stereocenters. The van der Waals surface area contributed by atoms with Gasteiger partial charge in [0.1, 0.15) is 18.8 Å². The third kappa shape index (κ3) is 3.59. The summed E-state index contributed by atoms with van der Waals surface area (Å²) >= 11 is 1.60. The number of aryl methyl sites for hydroxylation is 2.